The average Bonchev–Trinajstić information content (AvgIpc) is 2.50. The predicted octanol–water partition coefficient (Wildman–Crippen LogP) is 2.75. The van der Waals surface area contributed by atoms with Crippen molar-refractivity contribution >= 4 is 23.4 Å². The van der Waals surface area contributed by atoms with Gasteiger partial charge in [0.2, 0.25) is 5.91 Å². The van der Waals surface area contributed by atoms with Crippen LogP contribution < -0.4 is 11.1 Å². The average molecular weight is 302 g/mol. The molecule has 0 fully saturated rings. The first-order valence-corrected chi connectivity index (χ1v) is 7.39. The van der Waals surface area contributed by atoms with Gasteiger partial charge < -0.3 is 15.8 Å². The van der Waals surface area contributed by atoms with Crippen molar-refractivity contribution < 1.29 is 9.53 Å². The predicted molar refractivity (Wildman–Crippen MR) is 85.5 cm³/mol. The topological polar surface area (TPSA) is 64.3 Å². The molecule has 0 radical (unpaired) electrons. The minimum absolute atomic E-state index is 0.194. The minimum atomic E-state index is -0.676. The van der Waals surface area contributed by atoms with Gasteiger partial charge in [0.15, 0.2) is 0 Å². The van der Waals surface area contributed by atoms with E-state index in [1.165, 1.54) is 7.11 Å². The number of ether oxygens (including phenoxy) is 1. The second-order valence-corrected chi connectivity index (χ2v) is 5.58. The number of para-hydroxylation sites is 1. The lowest BCUT2D eigenvalue weighted by atomic mass is 10.2. The highest BCUT2D eigenvalue weighted by Crippen LogP contribution is 2.33. The fraction of sp³-hybridized carbons (Fsp3) is 0.188. The standard InChI is InChI=1S/C16H18N2O2S/c1-20-11-13(17)16(19)18-14-9-5-6-10-15(14)21-12-7-3-2-4-8-12/h2-10,13H,11,17H2,1H3,(H,18,19). The van der Waals surface area contributed by atoms with E-state index >= 15 is 0 Å². The summed E-state index contributed by atoms with van der Waals surface area (Å²) >= 11 is 1.59. The molecule has 2 aromatic rings. The zero-order chi connectivity index (χ0) is 15.1. The number of methoxy groups -OCH3 is 1. The van der Waals surface area contributed by atoms with Gasteiger partial charge in [-0.05, 0) is 24.3 Å². The molecule has 0 aliphatic heterocycles. The Hall–Kier alpha value is -1.82. The van der Waals surface area contributed by atoms with Crippen LogP contribution in [0, 0.1) is 0 Å². The third-order valence-electron chi connectivity index (χ3n) is 2.80. The molecule has 0 saturated carbocycles. The minimum Gasteiger partial charge on any atom is -0.383 e. The molecule has 0 aliphatic rings. The summed E-state index contributed by atoms with van der Waals surface area (Å²) in [5.41, 5.74) is 6.49. The number of nitrogens with two attached hydrogens (primary N) is 1. The van der Waals surface area contributed by atoms with Crippen molar-refractivity contribution in [3.8, 4) is 0 Å². The van der Waals surface area contributed by atoms with E-state index in [2.05, 4.69) is 5.32 Å². The largest absolute Gasteiger partial charge is 0.383 e. The van der Waals surface area contributed by atoms with Crippen molar-refractivity contribution in [2.24, 2.45) is 5.73 Å². The number of nitrogens with one attached hydrogen (secondary N) is 1. The number of carbonyl (C=O) groups excluding carboxylic acids is 1. The maximum Gasteiger partial charge on any atom is 0.243 e. The fourth-order valence-electron chi connectivity index (χ4n) is 1.76. The van der Waals surface area contributed by atoms with E-state index in [1.807, 2.05) is 54.6 Å². The van der Waals surface area contributed by atoms with Gasteiger partial charge >= 0.3 is 0 Å². The van der Waals surface area contributed by atoms with Gasteiger partial charge in [0.25, 0.3) is 0 Å². The normalized spacial score (nSPS) is 11.9. The summed E-state index contributed by atoms with van der Waals surface area (Å²) in [7, 11) is 1.52. The summed E-state index contributed by atoms with van der Waals surface area (Å²) in [4.78, 5) is 14.1. The first-order valence-electron chi connectivity index (χ1n) is 6.58. The van der Waals surface area contributed by atoms with Crippen LogP contribution in [0.1, 0.15) is 0 Å². The zero-order valence-corrected chi connectivity index (χ0v) is 12.6. The highest BCUT2D eigenvalue weighted by molar-refractivity contribution is 7.99. The lowest BCUT2D eigenvalue weighted by Crippen LogP contribution is -2.39. The van der Waals surface area contributed by atoms with E-state index in [0.29, 0.717) is 0 Å². The zero-order valence-electron chi connectivity index (χ0n) is 11.8. The molecule has 2 aromatic carbocycles. The van der Waals surface area contributed by atoms with E-state index in [0.717, 1.165) is 15.5 Å². The summed E-state index contributed by atoms with van der Waals surface area (Å²) in [5.74, 6) is -0.252. The number of rotatable bonds is 6. The van der Waals surface area contributed by atoms with Gasteiger partial charge in [0, 0.05) is 16.9 Å². The van der Waals surface area contributed by atoms with Gasteiger partial charge in [0.05, 0.1) is 12.3 Å². The first kappa shape index (κ1) is 15.6. The van der Waals surface area contributed by atoms with Crippen LogP contribution in [0.15, 0.2) is 64.4 Å². The number of anilines is 1. The SMILES string of the molecule is COCC(N)C(=O)Nc1ccccc1Sc1ccccc1. The second-order valence-electron chi connectivity index (χ2n) is 4.46. The van der Waals surface area contributed by atoms with Gasteiger partial charge in [-0.15, -0.1) is 0 Å². The number of benzene rings is 2. The second kappa shape index (κ2) is 7.83. The molecule has 3 N–H and O–H groups in total. The van der Waals surface area contributed by atoms with Crippen molar-refractivity contribution in [1.82, 2.24) is 0 Å². The summed E-state index contributed by atoms with van der Waals surface area (Å²) in [6.45, 7) is 0.194. The van der Waals surface area contributed by atoms with Gasteiger partial charge in [-0.3, -0.25) is 4.79 Å². The quantitative estimate of drug-likeness (QED) is 0.861. The molecule has 0 bridgehead atoms. The highest BCUT2D eigenvalue weighted by Gasteiger charge is 2.14. The van der Waals surface area contributed by atoms with Crippen molar-refractivity contribution in [1.29, 1.82) is 0 Å². The van der Waals surface area contributed by atoms with E-state index < -0.39 is 6.04 Å². The lowest BCUT2D eigenvalue weighted by molar-refractivity contribution is -0.118. The third-order valence-corrected chi connectivity index (χ3v) is 3.88. The summed E-state index contributed by atoms with van der Waals surface area (Å²) in [6, 6.07) is 17.0. The number of hydrogen-bond acceptors (Lipinski definition) is 4. The Morgan fingerprint density at radius 3 is 2.57 bits per heavy atom. The Labute approximate surface area is 128 Å². The Balaban J connectivity index is 2.12. The molecular formula is C16H18N2O2S. The Morgan fingerprint density at radius 2 is 1.86 bits per heavy atom. The Bertz CT molecular complexity index is 590. The molecular weight excluding hydrogens is 284 g/mol. The molecule has 0 spiro atoms. The Kier molecular flexibility index (Phi) is 5.80. The molecule has 1 atom stereocenters. The Morgan fingerprint density at radius 1 is 1.19 bits per heavy atom. The number of carbonyl (C=O) groups is 1. The van der Waals surface area contributed by atoms with E-state index in [1.54, 1.807) is 11.8 Å². The van der Waals surface area contributed by atoms with Crippen LogP contribution >= 0.6 is 11.8 Å². The summed E-state index contributed by atoms with van der Waals surface area (Å²) in [5, 5.41) is 2.85. The molecule has 4 nitrogen and oxygen atoms in total. The van der Waals surface area contributed by atoms with Crippen LogP contribution in [-0.4, -0.2) is 25.7 Å². The molecule has 1 amide bonds. The number of amides is 1. The van der Waals surface area contributed by atoms with Gasteiger partial charge in [-0.2, -0.15) is 0 Å². The van der Waals surface area contributed by atoms with E-state index in [4.69, 9.17) is 10.5 Å². The first-order chi connectivity index (χ1) is 10.2. The van der Waals surface area contributed by atoms with Gasteiger partial charge in [-0.25, -0.2) is 0 Å². The highest BCUT2D eigenvalue weighted by atomic mass is 32.2. The fourth-order valence-corrected chi connectivity index (χ4v) is 2.68. The summed E-state index contributed by atoms with van der Waals surface area (Å²) in [6.07, 6.45) is 0. The van der Waals surface area contributed by atoms with Crippen LogP contribution in [-0.2, 0) is 9.53 Å². The van der Waals surface area contributed by atoms with E-state index in [9.17, 15) is 4.79 Å². The maximum absolute atomic E-state index is 12.0. The molecule has 21 heavy (non-hydrogen) atoms. The molecule has 1 unspecified atom stereocenters. The molecule has 110 valence electrons. The van der Waals surface area contributed by atoms with Gasteiger partial charge in [0.1, 0.15) is 6.04 Å². The molecule has 0 aromatic heterocycles. The van der Waals surface area contributed by atoms with Gasteiger partial charge in [-0.1, -0.05) is 42.1 Å². The third kappa shape index (κ3) is 4.60. The molecule has 0 aliphatic carbocycles. The summed E-state index contributed by atoms with van der Waals surface area (Å²) < 4.78 is 4.90. The molecule has 0 heterocycles. The van der Waals surface area contributed by atoms with E-state index in [-0.39, 0.29) is 12.5 Å². The monoisotopic (exact) mass is 302 g/mol. The molecule has 2 rings (SSSR count). The smallest absolute Gasteiger partial charge is 0.243 e. The van der Waals surface area contributed by atoms with Crippen LogP contribution in [0.2, 0.25) is 0 Å². The van der Waals surface area contributed by atoms with Crippen molar-refractivity contribution in [2.45, 2.75) is 15.8 Å². The lowest BCUT2D eigenvalue weighted by Gasteiger charge is -2.14. The molecule has 0 saturated heterocycles. The van der Waals surface area contributed by atoms with Crippen LogP contribution in [0.3, 0.4) is 0 Å². The maximum atomic E-state index is 12.0. The van der Waals surface area contributed by atoms with Crippen LogP contribution in [0.5, 0.6) is 0 Å². The van der Waals surface area contributed by atoms with Crippen LogP contribution in [0.25, 0.3) is 0 Å². The number of hydrogen-bond donors (Lipinski definition) is 2. The molecule has 5 heteroatoms. The van der Waals surface area contributed by atoms with Crippen LogP contribution in [0.4, 0.5) is 5.69 Å². The van der Waals surface area contributed by atoms with Crippen molar-refractivity contribution in [2.75, 3.05) is 19.0 Å². The van der Waals surface area contributed by atoms with Crippen molar-refractivity contribution in [3.63, 3.8) is 0 Å². The van der Waals surface area contributed by atoms with Crippen molar-refractivity contribution in [3.05, 3.63) is 54.6 Å².